The number of aromatic nitrogens is 1. The highest BCUT2D eigenvalue weighted by atomic mass is 19.1. The Morgan fingerprint density at radius 3 is 2.45 bits per heavy atom. The van der Waals surface area contributed by atoms with Crippen LogP contribution in [0, 0.1) is 17.8 Å². The lowest BCUT2D eigenvalue weighted by atomic mass is 9.78. The number of halogens is 1. The third-order valence-corrected chi connectivity index (χ3v) is 10.3. The number of ether oxygens (including phenoxy) is 2. The zero-order valence-electron chi connectivity index (χ0n) is 29.7. The Bertz CT molecular complexity index is 1550. The van der Waals surface area contributed by atoms with Crippen molar-refractivity contribution in [1.29, 1.82) is 0 Å². The van der Waals surface area contributed by atoms with Crippen molar-refractivity contribution in [2.45, 2.75) is 117 Å². The van der Waals surface area contributed by atoms with E-state index in [1.165, 1.54) is 5.57 Å². The van der Waals surface area contributed by atoms with E-state index in [2.05, 4.69) is 21.7 Å². The minimum atomic E-state index is -0.702. The van der Waals surface area contributed by atoms with Gasteiger partial charge < -0.3 is 30.0 Å². The largest absolute Gasteiger partial charge is 0.461 e. The van der Waals surface area contributed by atoms with Crippen molar-refractivity contribution in [2.24, 2.45) is 17.8 Å². The van der Waals surface area contributed by atoms with Crippen molar-refractivity contribution in [1.82, 2.24) is 15.2 Å². The molecule has 0 bridgehead atoms. The van der Waals surface area contributed by atoms with Gasteiger partial charge in [0.25, 0.3) is 0 Å². The summed E-state index contributed by atoms with van der Waals surface area (Å²) in [6.07, 6.45) is 9.44. The van der Waals surface area contributed by atoms with E-state index < -0.39 is 36.4 Å². The molecule has 2 fully saturated rings. The summed E-state index contributed by atoms with van der Waals surface area (Å²) >= 11 is 0. The molecule has 10 nitrogen and oxygen atoms in total. The zero-order chi connectivity index (χ0) is 35.3. The van der Waals surface area contributed by atoms with E-state index in [0.717, 1.165) is 48.6 Å². The Morgan fingerprint density at radius 2 is 1.82 bits per heavy atom. The topological polar surface area (TPSA) is 130 Å². The van der Waals surface area contributed by atoms with Crippen molar-refractivity contribution in [3.05, 3.63) is 41.1 Å². The number of carbonyl (C=O) groups excluding carboxylic acids is 4. The number of esters is 1. The summed E-state index contributed by atoms with van der Waals surface area (Å²) in [6, 6.07) is 4.25. The summed E-state index contributed by atoms with van der Waals surface area (Å²) < 4.78 is 24.6. The molecular weight excluding hydrogens is 627 g/mol. The number of nitrogens with one attached hydrogen (secondary N) is 3. The monoisotopic (exact) mass is 680 g/mol. The number of hydrogen-bond donors (Lipinski definition) is 3. The van der Waals surface area contributed by atoms with Crippen LogP contribution in [0.5, 0.6) is 0 Å². The zero-order valence-corrected chi connectivity index (χ0v) is 29.7. The second-order valence-electron chi connectivity index (χ2n) is 14.7. The predicted octanol–water partition coefficient (Wildman–Crippen LogP) is 7.23. The van der Waals surface area contributed by atoms with Crippen molar-refractivity contribution in [3.63, 3.8) is 0 Å². The fourth-order valence-corrected chi connectivity index (χ4v) is 7.98. The molecule has 1 aromatic carbocycles. The molecule has 2 aromatic rings. The van der Waals surface area contributed by atoms with Crippen LogP contribution >= 0.6 is 0 Å². The lowest BCUT2D eigenvalue weighted by Crippen LogP contribution is -2.49. The second kappa shape index (κ2) is 15.8. The van der Waals surface area contributed by atoms with Crippen LogP contribution in [-0.2, 0) is 25.5 Å². The van der Waals surface area contributed by atoms with Crippen LogP contribution in [0.2, 0.25) is 0 Å². The SMILES string of the molecule is CCOC(=O)c1[nH]c2ccc(NC(=O)[C@@H]3[C@H](C4=CCCCC4)CCN3C(=O)C3CCC([C@@H](CF)NC(=O)OC(C)(C)C)CC3)cc2c1CC. The molecule has 3 aliphatic rings. The van der Waals surface area contributed by atoms with Crippen LogP contribution in [0.25, 0.3) is 10.9 Å². The fourth-order valence-electron chi connectivity index (χ4n) is 7.98. The smallest absolute Gasteiger partial charge is 0.407 e. The van der Waals surface area contributed by atoms with Gasteiger partial charge in [-0.3, -0.25) is 9.59 Å². The molecule has 1 aliphatic heterocycles. The van der Waals surface area contributed by atoms with E-state index in [1.54, 1.807) is 32.6 Å². The number of alkyl halides is 1. The lowest BCUT2D eigenvalue weighted by molar-refractivity contribution is -0.141. The number of aromatic amines is 1. The second-order valence-corrected chi connectivity index (χ2v) is 14.7. The predicted molar refractivity (Wildman–Crippen MR) is 187 cm³/mol. The molecule has 1 saturated heterocycles. The van der Waals surface area contributed by atoms with Gasteiger partial charge in [0, 0.05) is 35.0 Å². The Balaban J connectivity index is 1.31. The maximum absolute atomic E-state index is 14.2. The van der Waals surface area contributed by atoms with Crippen LogP contribution in [0.4, 0.5) is 14.9 Å². The summed E-state index contributed by atoms with van der Waals surface area (Å²) in [6.45, 7) is 9.12. The van der Waals surface area contributed by atoms with Crippen molar-refractivity contribution >= 4 is 40.5 Å². The van der Waals surface area contributed by atoms with Gasteiger partial charge in [-0.2, -0.15) is 0 Å². The molecule has 0 radical (unpaired) electrons. The van der Waals surface area contributed by atoms with E-state index in [0.29, 0.717) is 50.0 Å². The maximum atomic E-state index is 14.2. The number of alkyl carbamates (subject to hydrolysis) is 1. The first-order chi connectivity index (χ1) is 23.4. The first-order valence-electron chi connectivity index (χ1n) is 18.1. The van der Waals surface area contributed by atoms with Crippen LogP contribution in [-0.4, -0.2) is 71.3 Å². The molecule has 5 rings (SSSR count). The Hall–Kier alpha value is -3.89. The quantitative estimate of drug-likeness (QED) is 0.179. The van der Waals surface area contributed by atoms with Gasteiger partial charge in [-0.15, -0.1) is 0 Å². The van der Waals surface area contributed by atoms with Gasteiger partial charge in [0.15, 0.2) is 0 Å². The van der Waals surface area contributed by atoms with Crippen LogP contribution in [0.3, 0.4) is 0 Å². The molecule has 3 amide bonds. The summed E-state index contributed by atoms with van der Waals surface area (Å²) in [5.41, 5.74) is 3.23. The third kappa shape index (κ3) is 8.47. The van der Waals surface area contributed by atoms with Crippen molar-refractivity contribution < 1.29 is 33.0 Å². The highest BCUT2D eigenvalue weighted by Crippen LogP contribution is 2.39. The van der Waals surface area contributed by atoms with Crippen LogP contribution < -0.4 is 10.6 Å². The molecule has 3 N–H and O–H groups in total. The summed E-state index contributed by atoms with van der Waals surface area (Å²) in [5.74, 6) is -1.06. The third-order valence-electron chi connectivity index (χ3n) is 10.3. The molecule has 11 heteroatoms. The number of aryl methyl sites for hydroxylation is 1. The number of amides is 3. The maximum Gasteiger partial charge on any atom is 0.407 e. The number of H-pyrrole nitrogens is 1. The fraction of sp³-hybridized carbons (Fsp3) is 0.632. The number of anilines is 1. The van der Waals surface area contributed by atoms with Gasteiger partial charge in [-0.1, -0.05) is 18.6 Å². The Kier molecular flexibility index (Phi) is 11.7. The standard InChI is InChI=1S/C38H53FN4O6/c1-6-27-29-21-26(17-18-30(29)41-32(27)36(46)48-7-2)40-34(44)33-28(23-11-9-8-10-12-23)19-20-43(33)35(45)25-15-13-24(14-16-25)31(22-39)42-37(47)49-38(3,4)5/h11,17-18,21,24-25,28,31,33,41H,6-10,12-16,19-20,22H2,1-5H3,(H,40,44)(H,42,47)/t24?,25?,28-,31+,33-/m0/s1. The highest BCUT2D eigenvalue weighted by Gasteiger charge is 2.45. The number of allylic oxidation sites excluding steroid dienone is 1. The molecular formula is C38H53FN4O6. The number of carbonyl (C=O) groups is 4. The number of hydrogen-bond acceptors (Lipinski definition) is 6. The molecule has 1 aromatic heterocycles. The van der Waals surface area contributed by atoms with Gasteiger partial charge in [0.2, 0.25) is 11.8 Å². The molecule has 49 heavy (non-hydrogen) atoms. The number of benzene rings is 1. The van der Waals surface area contributed by atoms with E-state index in [-0.39, 0.29) is 36.2 Å². The van der Waals surface area contributed by atoms with Gasteiger partial charge in [-0.05, 0) is 122 Å². The van der Waals surface area contributed by atoms with E-state index in [9.17, 15) is 23.6 Å². The molecule has 2 heterocycles. The molecule has 3 atom stereocenters. The van der Waals surface area contributed by atoms with E-state index in [1.807, 2.05) is 25.1 Å². The molecule has 0 spiro atoms. The Labute approximate surface area is 288 Å². The molecule has 2 aliphatic carbocycles. The number of likely N-dealkylation sites (tertiary alicyclic amines) is 1. The molecule has 268 valence electrons. The van der Waals surface area contributed by atoms with Gasteiger partial charge in [0.1, 0.15) is 24.0 Å². The Morgan fingerprint density at radius 1 is 1.06 bits per heavy atom. The van der Waals surface area contributed by atoms with Crippen molar-refractivity contribution in [3.8, 4) is 0 Å². The lowest BCUT2D eigenvalue weighted by Gasteiger charge is -2.36. The highest BCUT2D eigenvalue weighted by molar-refractivity contribution is 6.02. The number of rotatable bonds is 10. The summed E-state index contributed by atoms with van der Waals surface area (Å²) in [4.78, 5) is 58.3. The summed E-state index contributed by atoms with van der Waals surface area (Å²) in [7, 11) is 0. The normalized spacial score (nSPS) is 23.5. The molecule has 0 unspecified atom stereocenters. The first-order valence-corrected chi connectivity index (χ1v) is 18.1. The van der Waals surface area contributed by atoms with E-state index >= 15 is 0 Å². The summed E-state index contributed by atoms with van der Waals surface area (Å²) in [5, 5.41) is 6.67. The van der Waals surface area contributed by atoms with Crippen molar-refractivity contribution in [2.75, 3.05) is 25.1 Å². The first kappa shape index (κ1) is 36.4. The van der Waals surface area contributed by atoms with Crippen LogP contribution in [0.15, 0.2) is 29.8 Å². The molecule has 1 saturated carbocycles. The van der Waals surface area contributed by atoms with E-state index in [4.69, 9.17) is 9.47 Å². The number of fused-ring (bicyclic) bond motifs is 1. The van der Waals surface area contributed by atoms with Gasteiger partial charge >= 0.3 is 12.1 Å². The van der Waals surface area contributed by atoms with Gasteiger partial charge in [-0.25, -0.2) is 14.0 Å². The average molecular weight is 681 g/mol. The number of nitrogens with zero attached hydrogens (tertiary/aromatic N) is 1. The minimum absolute atomic E-state index is 0.0251. The van der Waals surface area contributed by atoms with Gasteiger partial charge in [0.05, 0.1) is 12.6 Å². The minimum Gasteiger partial charge on any atom is -0.461 e. The average Bonchev–Trinajstić information content (AvgIpc) is 3.69. The van der Waals surface area contributed by atoms with Crippen LogP contribution in [0.1, 0.15) is 108 Å².